The highest BCUT2D eigenvalue weighted by Gasteiger charge is 2.15. The van der Waals surface area contributed by atoms with Crippen molar-refractivity contribution in [3.05, 3.63) is 34.4 Å². The van der Waals surface area contributed by atoms with E-state index in [4.69, 9.17) is 0 Å². The van der Waals surface area contributed by atoms with Crippen molar-refractivity contribution in [3.8, 4) is 0 Å². The Morgan fingerprint density at radius 1 is 1.18 bits per heavy atom. The van der Waals surface area contributed by atoms with Crippen molar-refractivity contribution < 1.29 is 0 Å². The van der Waals surface area contributed by atoms with Gasteiger partial charge in [-0.1, -0.05) is 23.3 Å². The zero-order valence-electron chi connectivity index (χ0n) is 7.28. The largest absolute Gasteiger partial charge is 0.0769 e. The van der Waals surface area contributed by atoms with Crippen LogP contribution in [-0.2, 0) is 0 Å². The van der Waals surface area contributed by atoms with E-state index in [9.17, 15) is 0 Å². The second-order valence-electron chi connectivity index (χ2n) is 3.60. The van der Waals surface area contributed by atoms with Gasteiger partial charge < -0.3 is 0 Å². The molecule has 0 N–H and O–H groups in total. The minimum atomic E-state index is 1.21. The molecular formula is C11H14. The molecule has 0 bridgehead atoms. The first-order valence-electron chi connectivity index (χ1n) is 4.33. The number of hydrogen-bond acceptors (Lipinski definition) is 0. The van der Waals surface area contributed by atoms with Gasteiger partial charge in [0.25, 0.3) is 0 Å². The Morgan fingerprint density at radius 3 is 2.82 bits per heavy atom. The van der Waals surface area contributed by atoms with Crippen LogP contribution in [0.5, 0.6) is 0 Å². The first-order chi connectivity index (χ1) is 5.27. The lowest BCUT2D eigenvalue weighted by Crippen LogP contribution is -1.93. The van der Waals surface area contributed by atoms with Gasteiger partial charge >= 0.3 is 0 Å². The van der Waals surface area contributed by atoms with Gasteiger partial charge in [-0.2, -0.15) is 0 Å². The summed E-state index contributed by atoms with van der Waals surface area (Å²) in [5.41, 5.74) is 6.22. The second-order valence-corrected chi connectivity index (χ2v) is 3.60. The van der Waals surface area contributed by atoms with E-state index in [1.165, 1.54) is 30.4 Å². The monoisotopic (exact) mass is 146 g/mol. The summed E-state index contributed by atoms with van der Waals surface area (Å²) in [5.74, 6) is 0. The number of allylic oxidation sites excluding steroid dienone is 6. The lowest BCUT2D eigenvalue weighted by molar-refractivity contribution is 0.878. The van der Waals surface area contributed by atoms with Crippen molar-refractivity contribution in [2.75, 3.05) is 0 Å². The van der Waals surface area contributed by atoms with Gasteiger partial charge in [0.15, 0.2) is 0 Å². The molecular weight excluding hydrogens is 132 g/mol. The van der Waals surface area contributed by atoms with E-state index in [0.717, 1.165) is 0 Å². The topological polar surface area (TPSA) is 0 Å². The molecule has 0 radical (unpaired) electrons. The molecule has 0 heterocycles. The second kappa shape index (κ2) is 2.37. The maximum absolute atomic E-state index is 2.36. The lowest BCUT2D eigenvalue weighted by Gasteiger charge is -2.13. The van der Waals surface area contributed by atoms with Crippen LogP contribution in [0.15, 0.2) is 34.4 Å². The van der Waals surface area contributed by atoms with E-state index in [0.29, 0.717) is 0 Å². The Labute approximate surface area is 68.3 Å². The predicted molar refractivity (Wildman–Crippen MR) is 48.4 cm³/mol. The number of rotatable bonds is 0. The fourth-order valence-electron chi connectivity index (χ4n) is 1.89. The fourth-order valence-corrected chi connectivity index (χ4v) is 1.89. The van der Waals surface area contributed by atoms with Gasteiger partial charge in [-0.3, -0.25) is 0 Å². The molecule has 0 amide bonds. The van der Waals surface area contributed by atoms with Gasteiger partial charge in [-0.15, -0.1) is 0 Å². The average Bonchev–Trinajstić information content (AvgIpc) is 2.33. The Balaban J connectivity index is 2.39. The minimum absolute atomic E-state index is 1.21. The van der Waals surface area contributed by atoms with Gasteiger partial charge in [0.2, 0.25) is 0 Å². The molecule has 0 spiro atoms. The first-order valence-corrected chi connectivity index (χ1v) is 4.33. The van der Waals surface area contributed by atoms with Gasteiger partial charge in [0.1, 0.15) is 0 Å². The molecule has 0 aromatic carbocycles. The molecule has 0 aliphatic heterocycles. The highest BCUT2D eigenvalue weighted by molar-refractivity contribution is 5.51. The van der Waals surface area contributed by atoms with Gasteiger partial charge in [0, 0.05) is 0 Å². The maximum Gasteiger partial charge on any atom is -0.0124 e. The third-order valence-electron chi connectivity index (χ3n) is 2.67. The highest BCUT2D eigenvalue weighted by Crippen LogP contribution is 2.35. The third-order valence-corrected chi connectivity index (χ3v) is 2.67. The third kappa shape index (κ3) is 1.07. The Bertz CT molecular complexity index is 274. The quantitative estimate of drug-likeness (QED) is 0.491. The van der Waals surface area contributed by atoms with Crippen molar-refractivity contribution in [3.63, 3.8) is 0 Å². The standard InChI is InChI=1S/C11H14/c1-8-3-5-10-6-4-9(2)11(10)7-8/h4,7H,3,5-6H2,1-2H3. The van der Waals surface area contributed by atoms with Gasteiger partial charge in [-0.05, 0) is 44.3 Å². The molecule has 0 aromatic rings. The van der Waals surface area contributed by atoms with Crippen LogP contribution in [0.3, 0.4) is 0 Å². The lowest BCUT2D eigenvalue weighted by atomic mass is 9.93. The van der Waals surface area contributed by atoms with Gasteiger partial charge in [0.05, 0.1) is 0 Å². The van der Waals surface area contributed by atoms with Crippen LogP contribution >= 0.6 is 0 Å². The van der Waals surface area contributed by atoms with Crippen LogP contribution in [-0.4, -0.2) is 0 Å². The normalized spacial score (nSPS) is 23.1. The molecule has 0 aromatic heterocycles. The molecule has 0 saturated carbocycles. The first kappa shape index (κ1) is 6.90. The Kier molecular flexibility index (Phi) is 1.49. The molecule has 11 heavy (non-hydrogen) atoms. The summed E-state index contributed by atoms with van der Waals surface area (Å²) < 4.78 is 0. The Morgan fingerprint density at radius 2 is 2.00 bits per heavy atom. The van der Waals surface area contributed by atoms with E-state index >= 15 is 0 Å². The van der Waals surface area contributed by atoms with Crippen molar-refractivity contribution >= 4 is 0 Å². The maximum atomic E-state index is 2.36. The molecule has 2 aliphatic rings. The van der Waals surface area contributed by atoms with Crippen molar-refractivity contribution in [2.45, 2.75) is 33.1 Å². The zero-order chi connectivity index (χ0) is 7.84. The van der Waals surface area contributed by atoms with E-state index in [1.807, 2.05) is 0 Å². The summed E-state index contributed by atoms with van der Waals surface area (Å²) >= 11 is 0. The summed E-state index contributed by atoms with van der Waals surface area (Å²) in [5, 5.41) is 0. The average molecular weight is 146 g/mol. The van der Waals surface area contributed by atoms with Crippen molar-refractivity contribution in [2.24, 2.45) is 0 Å². The molecule has 2 rings (SSSR count). The van der Waals surface area contributed by atoms with E-state index < -0.39 is 0 Å². The van der Waals surface area contributed by atoms with E-state index in [-0.39, 0.29) is 0 Å². The van der Waals surface area contributed by atoms with Crippen LogP contribution in [0.4, 0.5) is 0 Å². The summed E-state index contributed by atoms with van der Waals surface area (Å²) in [4.78, 5) is 0. The molecule has 58 valence electrons. The summed E-state index contributed by atoms with van der Waals surface area (Å²) in [7, 11) is 0. The molecule has 0 fully saturated rings. The predicted octanol–water partition coefficient (Wildman–Crippen LogP) is 3.37. The fraction of sp³-hybridized carbons (Fsp3) is 0.455. The summed E-state index contributed by atoms with van der Waals surface area (Å²) in [6.45, 7) is 4.45. The van der Waals surface area contributed by atoms with Crippen molar-refractivity contribution in [1.82, 2.24) is 0 Å². The van der Waals surface area contributed by atoms with Crippen LogP contribution < -0.4 is 0 Å². The van der Waals surface area contributed by atoms with Crippen LogP contribution in [0.2, 0.25) is 0 Å². The smallest absolute Gasteiger partial charge is 0.0124 e. The summed E-state index contributed by atoms with van der Waals surface area (Å²) in [6, 6.07) is 0. The SMILES string of the molecule is CC1=CC2=C(CC=C2C)CC1. The molecule has 0 atom stereocenters. The van der Waals surface area contributed by atoms with Crippen LogP contribution in [0.1, 0.15) is 33.1 Å². The van der Waals surface area contributed by atoms with Gasteiger partial charge in [-0.25, -0.2) is 0 Å². The van der Waals surface area contributed by atoms with E-state index in [2.05, 4.69) is 26.0 Å². The summed E-state index contributed by atoms with van der Waals surface area (Å²) in [6.07, 6.45) is 8.49. The molecule has 0 heteroatoms. The Hall–Kier alpha value is -0.780. The van der Waals surface area contributed by atoms with Crippen molar-refractivity contribution in [1.29, 1.82) is 0 Å². The zero-order valence-corrected chi connectivity index (χ0v) is 7.28. The highest BCUT2D eigenvalue weighted by atomic mass is 14.2. The molecule has 0 unspecified atom stereocenters. The number of hydrogen-bond donors (Lipinski definition) is 0. The molecule has 2 aliphatic carbocycles. The molecule has 0 nitrogen and oxygen atoms in total. The van der Waals surface area contributed by atoms with Crippen LogP contribution in [0.25, 0.3) is 0 Å². The van der Waals surface area contributed by atoms with E-state index in [1.54, 1.807) is 11.1 Å². The molecule has 0 saturated heterocycles. The van der Waals surface area contributed by atoms with Crippen LogP contribution in [0, 0.1) is 0 Å². The minimum Gasteiger partial charge on any atom is -0.0769 e.